The van der Waals surface area contributed by atoms with Crippen molar-refractivity contribution in [1.29, 1.82) is 0 Å². The van der Waals surface area contributed by atoms with Gasteiger partial charge in [-0.25, -0.2) is 4.68 Å². The van der Waals surface area contributed by atoms with E-state index in [2.05, 4.69) is 16.1 Å². The number of pyridine rings is 1. The first-order valence-corrected chi connectivity index (χ1v) is 11.2. The highest BCUT2D eigenvalue weighted by Crippen LogP contribution is 2.29. The number of likely N-dealkylation sites (tertiary alicyclic amines) is 1. The fraction of sp³-hybridized carbons (Fsp3) is 0.360. The van der Waals surface area contributed by atoms with Crippen molar-refractivity contribution in [3.63, 3.8) is 0 Å². The Balaban J connectivity index is 1.20. The van der Waals surface area contributed by atoms with E-state index in [0.29, 0.717) is 25.6 Å². The summed E-state index contributed by atoms with van der Waals surface area (Å²) in [5, 5.41) is 4.56. The number of nitrogens with zero attached hydrogens (tertiary/aromatic N) is 4. The van der Waals surface area contributed by atoms with Gasteiger partial charge >= 0.3 is 0 Å². The van der Waals surface area contributed by atoms with Gasteiger partial charge in [-0.2, -0.15) is 5.10 Å². The molecule has 2 aliphatic rings. The highest BCUT2D eigenvalue weighted by molar-refractivity contribution is 5.81. The summed E-state index contributed by atoms with van der Waals surface area (Å²) < 4.78 is 7.54. The summed E-state index contributed by atoms with van der Waals surface area (Å²) in [5.74, 6) is 1.21. The van der Waals surface area contributed by atoms with E-state index in [9.17, 15) is 9.59 Å². The number of piperidine rings is 1. The summed E-state index contributed by atoms with van der Waals surface area (Å²) in [6, 6.07) is 15.0. The smallest absolute Gasteiger partial charge is 0.266 e. The van der Waals surface area contributed by atoms with Crippen molar-refractivity contribution in [2.75, 3.05) is 13.1 Å². The number of carbonyl (C=O) groups excluding carboxylic acids is 1. The fourth-order valence-electron chi connectivity index (χ4n) is 4.54. The van der Waals surface area contributed by atoms with Crippen LogP contribution in [0.3, 0.4) is 0 Å². The number of benzene rings is 1. The van der Waals surface area contributed by atoms with Gasteiger partial charge in [0, 0.05) is 43.7 Å². The Labute approximate surface area is 186 Å². The van der Waals surface area contributed by atoms with Crippen LogP contribution in [0, 0.1) is 5.92 Å². The van der Waals surface area contributed by atoms with Gasteiger partial charge in [0.05, 0.1) is 5.69 Å². The van der Waals surface area contributed by atoms with E-state index in [-0.39, 0.29) is 11.5 Å². The van der Waals surface area contributed by atoms with E-state index in [1.807, 2.05) is 35.2 Å². The predicted octanol–water partition coefficient (Wildman–Crippen LogP) is 2.94. The molecule has 1 unspecified atom stereocenters. The number of amides is 1. The zero-order chi connectivity index (χ0) is 21.9. The molecule has 0 spiro atoms. The van der Waals surface area contributed by atoms with Crippen LogP contribution < -0.4 is 10.3 Å². The van der Waals surface area contributed by atoms with E-state index in [4.69, 9.17) is 4.74 Å². The second kappa shape index (κ2) is 8.94. The highest BCUT2D eigenvalue weighted by Gasteiger charge is 2.32. The molecule has 0 N–H and O–H groups in total. The Morgan fingerprint density at radius 2 is 1.78 bits per heavy atom. The molecule has 2 aliphatic heterocycles. The highest BCUT2D eigenvalue weighted by atomic mass is 16.5. The first kappa shape index (κ1) is 20.4. The first-order chi connectivity index (χ1) is 15.7. The SMILES string of the molecule is O=C(C1CCc2ccccc2O1)N1CCC(Cn2nc(-c3ccncc3)ccc2=O)CC1. The summed E-state index contributed by atoms with van der Waals surface area (Å²) >= 11 is 0. The maximum Gasteiger partial charge on any atom is 0.266 e. The zero-order valence-corrected chi connectivity index (χ0v) is 17.9. The molecule has 1 saturated heterocycles. The third-order valence-corrected chi connectivity index (χ3v) is 6.39. The molecule has 1 atom stereocenters. The minimum Gasteiger partial charge on any atom is -0.480 e. The van der Waals surface area contributed by atoms with Crippen molar-refractivity contribution >= 4 is 5.91 Å². The molecular weight excluding hydrogens is 404 g/mol. The summed E-state index contributed by atoms with van der Waals surface area (Å²) in [6.45, 7) is 1.93. The second-order valence-corrected chi connectivity index (χ2v) is 8.50. The van der Waals surface area contributed by atoms with Crippen molar-refractivity contribution in [2.45, 2.75) is 38.3 Å². The Morgan fingerprint density at radius 1 is 1.00 bits per heavy atom. The lowest BCUT2D eigenvalue weighted by Gasteiger charge is -2.35. The summed E-state index contributed by atoms with van der Waals surface area (Å²) in [5.41, 5.74) is 2.76. The molecule has 7 heteroatoms. The van der Waals surface area contributed by atoms with Gasteiger partial charge in [0.15, 0.2) is 6.10 Å². The molecule has 1 aromatic carbocycles. The standard InChI is InChI=1S/C25H26N4O3/c30-24-8-6-21(19-9-13-26-14-10-19)27-29(24)17-18-11-15-28(16-12-18)25(31)23-7-5-20-3-1-2-4-22(20)32-23/h1-4,6,8-10,13-14,18,23H,5,7,11-12,15-17H2. The monoisotopic (exact) mass is 430 g/mol. The Bertz CT molecular complexity index is 1150. The van der Waals surface area contributed by atoms with Crippen LogP contribution in [0.4, 0.5) is 0 Å². The van der Waals surface area contributed by atoms with E-state index in [0.717, 1.165) is 42.7 Å². The van der Waals surface area contributed by atoms with Crippen molar-refractivity contribution in [1.82, 2.24) is 19.7 Å². The molecule has 0 aliphatic carbocycles. The van der Waals surface area contributed by atoms with Crippen LogP contribution in [0.15, 0.2) is 65.7 Å². The topological polar surface area (TPSA) is 77.3 Å². The zero-order valence-electron chi connectivity index (χ0n) is 17.9. The van der Waals surface area contributed by atoms with Gasteiger partial charge in [0.1, 0.15) is 5.75 Å². The number of aromatic nitrogens is 3. The minimum atomic E-state index is -0.400. The molecule has 3 aromatic rings. The number of ether oxygens (including phenoxy) is 1. The van der Waals surface area contributed by atoms with Crippen LogP contribution in [0.25, 0.3) is 11.3 Å². The van der Waals surface area contributed by atoms with E-state index in [1.165, 1.54) is 5.56 Å². The van der Waals surface area contributed by atoms with E-state index < -0.39 is 6.10 Å². The summed E-state index contributed by atoms with van der Waals surface area (Å²) in [7, 11) is 0. The van der Waals surface area contributed by atoms with Crippen molar-refractivity contribution in [3.05, 3.63) is 76.8 Å². The molecule has 1 amide bonds. The molecule has 4 heterocycles. The molecule has 1 fully saturated rings. The Kier molecular flexibility index (Phi) is 5.71. The third-order valence-electron chi connectivity index (χ3n) is 6.39. The van der Waals surface area contributed by atoms with Gasteiger partial charge in [0.2, 0.25) is 0 Å². The van der Waals surface area contributed by atoms with Gasteiger partial charge in [-0.15, -0.1) is 0 Å². The molecule has 0 saturated carbocycles. The van der Waals surface area contributed by atoms with Crippen molar-refractivity contribution in [2.24, 2.45) is 5.92 Å². The molecule has 2 aromatic heterocycles. The van der Waals surface area contributed by atoms with E-state index in [1.54, 1.807) is 29.2 Å². The van der Waals surface area contributed by atoms with Crippen LogP contribution >= 0.6 is 0 Å². The van der Waals surface area contributed by atoms with Gasteiger partial charge < -0.3 is 9.64 Å². The minimum absolute atomic E-state index is 0.0768. The number of carbonyl (C=O) groups is 1. The van der Waals surface area contributed by atoms with Gasteiger partial charge in [-0.05, 0) is 61.4 Å². The molecule has 164 valence electrons. The first-order valence-electron chi connectivity index (χ1n) is 11.2. The maximum absolute atomic E-state index is 13.0. The molecule has 0 bridgehead atoms. The van der Waals surface area contributed by atoms with Crippen LogP contribution in [0.5, 0.6) is 5.75 Å². The van der Waals surface area contributed by atoms with Crippen LogP contribution in [-0.4, -0.2) is 44.8 Å². The largest absolute Gasteiger partial charge is 0.480 e. The number of hydrogen-bond acceptors (Lipinski definition) is 5. The summed E-state index contributed by atoms with van der Waals surface area (Å²) in [6.07, 6.45) is 6.32. The second-order valence-electron chi connectivity index (χ2n) is 8.50. The van der Waals surface area contributed by atoms with Gasteiger partial charge in [0.25, 0.3) is 11.5 Å². The Morgan fingerprint density at radius 3 is 2.59 bits per heavy atom. The van der Waals surface area contributed by atoms with Gasteiger partial charge in [-0.1, -0.05) is 18.2 Å². The Hall–Kier alpha value is -3.48. The lowest BCUT2D eigenvalue weighted by atomic mass is 9.95. The molecule has 32 heavy (non-hydrogen) atoms. The van der Waals surface area contributed by atoms with Crippen LogP contribution in [0.2, 0.25) is 0 Å². The average molecular weight is 431 g/mol. The normalized spacial score (nSPS) is 18.6. The fourth-order valence-corrected chi connectivity index (χ4v) is 4.54. The lowest BCUT2D eigenvalue weighted by Crippen LogP contribution is -2.47. The molecular formula is C25H26N4O3. The van der Waals surface area contributed by atoms with Crippen molar-refractivity contribution in [3.8, 4) is 17.0 Å². The number of hydrogen-bond donors (Lipinski definition) is 0. The number of rotatable bonds is 4. The maximum atomic E-state index is 13.0. The average Bonchev–Trinajstić information content (AvgIpc) is 2.85. The number of fused-ring (bicyclic) bond motifs is 1. The molecule has 5 rings (SSSR count). The lowest BCUT2D eigenvalue weighted by molar-refractivity contribution is -0.141. The number of aryl methyl sites for hydroxylation is 1. The molecule has 0 radical (unpaired) electrons. The third kappa shape index (κ3) is 4.28. The molecule has 7 nitrogen and oxygen atoms in total. The predicted molar refractivity (Wildman–Crippen MR) is 120 cm³/mol. The number of para-hydroxylation sites is 1. The van der Waals surface area contributed by atoms with Crippen LogP contribution in [-0.2, 0) is 17.8 Å². The van der Waals surface area contributed by atoms with Gasteiger partial charge in [-0.3, -0.25) is 14.6 Å². The quantitative estimate of drug-likeness (QED) is 0.636. The van der Waals surface area contributed by atoms with Crippen molar-refractivity contribution < 1.29 is 9.53 Å². The van der Waals surface area contributed by atoms with Crippen LogP contribution in [0.1, 0.15) is 24.8 Å². The van der Waals surface area contributed by atoms with E-state index >= 15 is 0 Å². The summed E-state index contributed by atoms with van der Waals surface area (Å²) in [4.78, 5) is 31.3.